The van der Waals surface area contributed by atoms with Crippen molar-refractivity contribution in [3.8, 4) is 0 Å². The lowest BCUT2D eigenvalue weighted by Crippen LogP contribution is -2.62. The van der Waals surface area contributed by atoms with Gasteiger partial charge in [0.05, 0.1) is 0 Å². The Morgan fingerprint density at radius 1 is 1.00 bits per heavy atom. The number of hydrogen-bond acceptors (Lipinski definition) is 3. The van der Waals surface area contributed by atoms with Crippen LogP contribution in [0, 0.1) is 6.92 Å². The quantitative estimate of drug-likeness (QED) is 0.822. The van der Waals surface area contributed by atoms with Crippen LogP contribution in [0.4, 0.5) is 5.69 Å². The van der Waals surface area contributed by atoms with E-state index in [4.69, 9.17) is 0 Å². The molecule has 28 heavy (non-hydrogen) atoms. The number of carbonyl (C=O) groups excluding carboxylic acids is 2. The van der Waals surface area contributed by atoms with E-state index in [9.17, 15) is 14.4 Å². The van der Waals surface area contributed by atoms with Crippen LogP contribution in [-0.4, -0.2) is 39.9 Å². The molecule has 0 N–H and O–H groups in total. The van der Waals surface area contributed by atoms with E-state index in [1.807, 2.05) is 36.1 Å². The number of nitrogens with zero attached hydrogens (tertiary/aromatic N) is 3. The van der Waals surface area contributed by atoms with Gasteiger partial charge in [0.15, 0.2) is 0 Å². The van der Waals surface area contributed by atoms with Crippen LogP contribution in [0.2, 0.25) is 0 Å². The lowest BCUT2D eigenvalue weighted by Gasteiger charge is -2.44. The van der Waals surface area contributed by atoms with Crippen molar-refractivity contribution >= 4 is 17.5 Å². The lowest BCUT2D eigenvalue weighted by molar-refractivity contribution is -0.145. The van der Waals surface area contributed by atoms with Gasteiger partial charge in [-0.05, 0) is 50.8 Å². The van der Waals surface area contributed by atoms with E-state index in [1.54, 1.807) is 23.2 Å². The number of amides is 2. The van der Waals surface area contributed by atoms with Crippen LogP contribution < -0.4 is 10.5 Å². The summed E-state index contributed by atoms with van der Waals surface area (Å²) in [7, 11) is 0. The van der Waals surface area contributed by atoms with Gasteiger partial charge >= 0.3 is 0 Å². The van der Waals surface area contributed by atoms with Gasteiger partial charge in [0, 0.05) is 31.0 Å². The first-order chi connectivity index (χ1) is 13.5. The van der Waals surface area contributed by atoms with Gasteiger partial charge in [0.2, 0.25) is 5.91 Å². The first-order valence-electron chi connectivity index (χ1n) is 9.86. The minimum atomic E-state index is -0.779. The molecule has 0 saturated carbocycles. The Hall–Kier alpha value is -2.89. The average Bonchev–Trinajstić information content (AvgIpc) is 3.11. The van der Waals surface area contributed by atoms with Crippen LogP contribution in [0.25, 0.3) is 0 Å². The molecule has 1 spiro atoms. The van der Waals surface area contributed by atoms with Crippen molar-refractivity contribution < 1.29 is 9.59 Å². The number of anilines is 1. The van der Waals surface area contributed by atoms with Crippen LogP contribution in [0.15, 0.2) is 53.5 Å². The highest BCUT2D eigenvalue weighted by Gasteiger charge is 2.52. The SMILES string of the molecule is Cc1ccc(N2CCCC3(CCCN3C(=O)Cn3ccccc3=O)C2=O)cc1. The molecule has 2 aliphatic rings. The monoisotopic (exact) mass is 379 g/mol. The maximum absolute atomic E-state index is 13.5. The molecule has 2 aromatic rings. The minimum absolute atomic E-state index is 0.00821. The fraction of sp³-hybridized carbons (Fsp3) is 0.409. The van der Waals surface area contributed by atoms with Crippen molar-refractivity contribution in [3.05, 3.63) is 64.6 Å². The summed E-state index contributed by atoms with van der Waals surface area (Å²) in [6.07, 6.45) is 4.65. The number of benzene rings is 1. The summed E-state index contributed by atoms with van der Waals surface area (Å²) in [6, 6.07) is 12.8. The molecule has 0 radical (unpaired) electrons. The van der Waals surface area contributed by atoms with Crippen molar-refractivity contribution in [2.75, 3.05) is 18.0 Å². The molecule has 2 saturated heterocycles. The normalized spacial score (nSPS) is 22.1. The van der Waals surface area contributed by atoms with E-state index >= 15 is 0 Å². The molecule has 0 bridgehead atoms. The third-order valence-electron chi connectivity index (χ3n) is 5.96. The molecular weight excluding hydrogens is 354 g/mol. The molecule has 1 atom stereocenters. The Kier molecular flexibility index (Phi) is 4.79. The second-order valence-corrected chi connectivity index (χ2v) is 7.74. The molecule has 6 nitrogen and oxygen atoms in total. The maximum Gasteiger partial charge on any atom is 0.252 e. The van der Waals surface area contributed by atoms with Gasteiger partial charge in [-0.15, -0.1) is 0 Å². The van der Waals surface area contributed by atoms with Gasteiger partial charge in [-0.1, -0.05) is 23.8 Å². The van der Waals surface area contributed by atoms with Crippen LogP contribution in [0.5, 0.6) is 0 Å². The first-order valence-corrected chi connectivity index (χ1v) is 9.86. The molecule has 3 heterocycles. The van der Waals surface area contributed by atoms with Crippen molar-refractivity contribution in [2.24, 2.45) is 0 Å². The Labute approximate surface area is 164 Å². The number of likely N-dealkylation sites (tertiary alicyclic amines) is 1. The predicted octanol–water partition coefficient (Wildman–Crippen LogP) is 2.34. The summed E-state index contributed by atoms with van der Waals surface area (Å²) in [5.41, 5.74) is 1.04. The Balaban J connectivity index is 1.60. The van der Waals surface area contributed by atoms with E-state index in [1.165, 1.54) is 10.6 Å². The summed E-state index contributed by atoms with van der Waals surface area (Å²) in [4.78, 5) is 42.1. The molecule has 146 valence electrons. The average molecular weight is 379 g/mol. The second-order valence-electron chi connectivity index (χ2n) is 7.74. The topological polar surface area (TPSA) is 62.6 Å². The number of pyridine rings is 1. The third-order valence-corrected chi connectivity index (χ3v) is 5.96. The highest BCUT2D eigenvalue weighted by atomic mass is 16.2. The first kappa shape index (κ1) is 18.5. The standard InChI is InChI=1S/C22H25N3O3/c1-17-7-9-18(10-8-17)24-14-4-11-22(21(24)28)12-5-15-25(22)20(27)16-23-13-3-2-6-19(23)26/h2-3,6-10,13H,4-5,11-12,14-16H2,1H3. The van der Waals surface area contributed by atoms with Gasteiger partial charge in [0.25, 0.3) is 11.5 Å². The van der Waals surface area contributed by atoms with Crippen molar-refractivity contribution in [3.63, 3.8) is 0 Å². The molecule has 1 unspecified atom stereocenters. The van der Waals surface area contributed by atoms with E-state index in [2.05, 4.69) is 0 Å². The smallest absolute Gasteiger partial charge is 0.252 e. The lowest BCUT2D eigenvalue weighted by atomic mass is 9.85. The summed E-state index contributed by atoms with van der Waals surface area (Å²) in [6.45, 7) is 3.23. The molecule has 0 aliphatic carbocycles. The number of piperidine rings is 1. The van der Waals surface area contributed by atoms with E-state index in [0.717, 1.165) is 24.1 Å². The van der Waals surface area contributed by atoms with Crippen LogP contribution in [-0.2, 0) is 16.1 Å². The fourth-order valence-electron chi connectivity index (χ4n) is 4.51. The summed E-state index contributed by atoms with van der Waals surface area (Å²) < 4.78 is 1.40. The molecule has 1 aromatic carbocycles. The highest BCUT2D eigenvalue weighted by Crippen LogP contribution is 2.39. The highest BCUT2D eigenvalue weighted by molar-refractivity contribution is 6.03. The van der Waals surface area contributed by atoms with Gasteiger partial charge in [-0.25, -0.2) is 0 Å². The summed E-state index contributed by atoms with van der Waals surface area (Å²) in [5.74, 6) is -0.154. The summed E-state index contributed by atoms with van der Waals surface area (Å²) in [5, 5.41) is 0. The molecule has 2 fully saturated rings. The molecule has 2 aliphatic heterocycles. The van der Waals surface area contributed by atoms with Crippen molar-refractivity contribution in [2.45, 2.75) is 44.7 Å². The van der Waals surface area contributed by atoms with Gasteiger partial charge in [-0.2, -0.15) is 0 Å². The molecular formula is C22H25N3O3. The van der Waals surface area contributed by atoms with E-state index in [-0.39, 0.29) is 23.9 Å². The third kappa shape index (κ3) is 3.13. The number of carbonyl (C=O) groups is 2. The fourth-order valence-corrected chi connectivity index (χ4v) is 4.51. The van der Waals surface area contributed by atoms with Gasteiger partial charge in [-0.3, -0.25) is 14.4 Å². The van der Waals surface area contributed by atoms with Crippen molar-refractivity contribution in [1.29, 1.82) is 0 Å². The predicted molar refractivity (Wildman–Crippen MR) is 107 cm³/mol. The van der Waals surface area contributed by atoms with Crippen molar-refractivity contribution in [1.82, 2.24) is 9.47 Å². The zero-order valence-electron chi connectivity index (χ0n) is 16.1. The summed E-state index contributed by atoms with van der Waals surface area (Å²) >= 11 is 0. The van der Waals surface area contributed by atoms with E-state index in [0.29, 0.717) is 25.9 Å². The number of aromatic nitrogens is 1. The Morgan fingerprint density at radius 2 is 1.71 bits per heavy atom. The second kappa shape index (κ2) is 7.26. The molecule has 6 heteroatoms. The Morgan fingerprint density at radius 3 is 2.43 bits per heavy atom. The minimum Gasteiger partial charge on any atom is -0.326 e. The molecule has 4 rings (SSSR count). The van der Waals surface area contributed by atoms with Crippen LogP contribution >= 0.6 is 0 Å². The number of hydrogen-bond donors (Lipinski definition) is 0. The molecule has 2 amide bonds. The zero-order chi connectivity index (χ0) is 19.7. The van der Waals surface area contributed by atoms with Gasteiger partial charge < -0.3 is 14.4 Å². The number of aryl methyl sites for hydroxylation is 1. The van der Waals surface area contributed by atoms with Crippen LogP contribution in [0.1, 0.15) is 31.2 Å². The van der Waals surface area contributed by atoms with E-state index < -0.39 is 5.54 Å². The number of rotatable bonds is 3. The zero-order valence-corrected chi connectivity index (χ0v) is 16.1. The largest absolute Gasteiger partial charge is 0.326 e. The molecule has 1 aromatic heterocycles. The van der Waals surface area contributed by atoms with Gasteiger partial charge in [0.1, 0.15) is 12.1 Å². The van der Waals surface area contributed by atoms with Crippen LogP contribution in [0.3, 0.4) is 0 Å². The maximum atomic E-state index is 13.5. The Bertz CT molecular complexity index is 950.